The van der Waals surface area contributed by atoms with E-state index in [1.54, 1.807) is 11.3 Å². The second-order valence-electron chi connectivity index (χ2n) is 8.48. The summed E-state index contributed by atoms with van der Waals surface area (Å²) in [6.45, 7) is 6.61. The summed E-state index contributed by atoms with van der Waals surface area (Å²) in [7, 11) is 0. The Balaban J connectivity index is 1.52. The van der Waals surface area contributed by atoms with Gasteiger partial charge in [0, 0.05) is 12.1 Å². The van der Waals surface area contributed by atoms with Gasteiger partial charge in [0.1, 0.15) is 5.82 Å². The van der Waals surface area contributed by atoms with Gasteiger partial charge in [0.05, 0.1) is 10.2 Å². The highest BCUT2D eigenvalue weighted by Crippen LogP contribution is 2.56. The van der Waals surface area contributed by atoms with Crippen molar-refractivity contribution in [1.29, 1.82) is 0 Å². The Bertz CT molecular complexity index is 789. The van der Waals surface area contributed by atoms with E-state index in [0.29, 0.717) is 12.5 Å². The maximum atomic E-state index is 4.86. The minimum atomic E-state index is 0.267. The molecule has 0 spiro atoms. The molecule has 4 saturated carbocycles. The van der Waals surface area contributed by atoms with Gasteiger partial charge in [0.25, 0.3) is 0 Å². The van der Waals surface area contributed by atoms with Crippen LogP contribution in [0.3, 0.4) is 0 Å². The zero-order valence-corrected chi connectivity index (χ0v) is 15.7. The zero-order valence-electron chi connectivity index (χ0n) is 14.8. The van der Waals surface area contributed by atoms with E-state index in [9.17, 15) is 0 Å². The Morgan fingerprint density at radius 1 is 1.20 bits per heavy atom. The standard InChI is InChI=1S/C20H26N4S/c1-3-4-21-19-22-16-12(2)11-25-17(16)18(23-19)24-20-8-13-5-14(9-20)7-15(6-13)10-20/h3,11,13-15H,1,4-10H2,2H3,(H2,21,22,23,24). The molecule has 2 aromatic heterocycles. The van der Waals surface area contributed by atoms with Crippen molar-refractivity contribution < 1.29 is 0 Å². The molecule has 2 aromatic rings. The molecule has 4 aliphatic rings. The molecule has 4 aliphatic carbocycles. The van der Waals surface area contributed by atoms with Crippen LogP contribution in [0.1, 0.15) is 44.1 Å². The maximum Gasteiger partial charge on any atom is 0.225 e. The summed E-state index contributed by atoms with van der Waals surface area (Å²) in [4.78, 5) is 9.58. The van der Waals surface area contributed by atoms with Gasteiger partial charge < -0.3 is 10.6 Å². The number of nitrogens with one attached hydrogen (secondary N) is 2. The number of aromatic nitrogens is 2. The summed E-state index contributed by atoms with van der Waals surface area (Å²) in [6, 6.07) is 0. The van der Waals surface area contributed by atoms with E-state index in [0.717, 1.165) is 29.1 Å². The van der Waals surface area contributed by atoms with Crippen molar-refractivity contribution >= 4 is 33.3 Å². The van der Waals surface area contributed by atoms with E-state index in [2.05, 4.69) is 29.5 Å². The molecule has 0 amide bonds. The Labute approximate surface area is 153 Å². The van der Waals surface area contributed by atoms with Crippen LogP contribution in [-0.4, -0.2) is 22.1 Å². The lowest BCUT2D eigenvalue weighted by molar-refractivity contribution is 0.0106. The second kappa shape index (κ2) is 5.70. The van der Waals surface area contributed by atoms with Crippen LogP contribution in [0.15, 0.2) is 18.0 Å². The van der Waals surface area contributed by atoms with Crippen LogP contribution in [0.2, 0.25) is 0 Å². The predicted octanol–water partition coefficient (Wildman–Crippen LogP) is 4.98. The molecule has 4 fully saturated rings. The van der Waals surface area contributed by atoms with E-state index in [4.69, 9.17) is 9.97 Å². The molecule has 2 N–H and O–H groups in total. The third-order valence-corrected chi connectivity index (χ3v) is 7.51. The van der Waals surface area contributed by atoms with Crippen molar-refractivity contribution in [3.8, 4) is 0 Å². The van der Waals surface area contributed by atoms with Crippen molar-refractivity contribution in [2.24, 2.45) is 17.8 Å². The van der Waals surface area contributed by atoms with Crippen LogP contribution < -0.4 is 10.6 Å². The molecule has 2 heterocycles. The molecular formula is C20H26N4S. The van der Waals surface area contributed by atoms with E-state index in [1.807, 2.05) is 6.08 Å². The lowest BCUT2D eigenvalue weighted by Crippen LogP contribution is -2.54. The fraction of sp³-hybridized carbons (Fsp3) is 0.600. The molecule has 0 atom stereocenters. The van der Waals surface area contributed by atoms with Crippen LogP contribution in [-0.2, 0) is 0 Å². The smallest absolute Gasteiger partial charge is 0.225 e. The van der Waals surface area contributed by atoms with Crippen molar-refractivity contribution in [3.05, 3.63) is 23.6 Å². The van der Waals surface area contributed by atoms with Gasteiger partial charge in [-0.1, -0.05) is 6.08 Å². The molecule has 25 heavy (non-hydrogen) atoms. The minimum absolute atomic E-state index is 0.267. The lowest BCUT2D eigenvalue weighted by Gasteiger charge is -2.57. The van der Waals surface area contributed by atoms with E-state index in [1.165, 1.54) is 48.8 Å². The van der Waals surface area contributed by atoms with Crippen molar-refractivity contribution in [3.63, 3.8) is 0 Å². The Kier molecular flexibility index (Phi) is 3.56. The summed E-state index contributed by atoms with van der Waals surface area (Å²) in [5.41, 5.74) is 2.58. The SMILES string of the molecule is C=CCNc1nc(NC23CC4CC(CC(C4)C2)C3)c2scc(C)c2n1. The first kappa shape index (κ1) is 15.6. The molecular weight excluding hydrogens is 328 g/mol. The quantitative estimate of drug-likeness (QED) is 0.744. The number of thiophene rings is 1. The molecule has 0 aromatic carbocycles. The van der Waals surface area contributed by atoms with Gasteiger partial charge in [-0.15, -0.1) is 17.9 Å². The van der Waals surface area contributed by atoms with Gasteiger partial charge in [0.15, 0.2) is 0 Å². The average molecular weight is 355 g/mol. The predicted molar refractivity (Wildman–Crippen MR) is 105 cm³/mol. The van der Waals surface area contributed by atoms with E-state index in [-0.39, 0.29) is 5.54 Å². The first-order chi connectivity index (χ1) is 12.1. The number of nitrogens with zero attached hydrogens (tertiary/aromatic N) is 2. The summed E-state index contributed by atoms with van der Waals surface area (Å²) < 4.78 is 1.21. The van der Waals surface area contributed by atoms with Crippen LogP contribution in [0.25, 0.3) is 10.2 Å². The molecule has 5 heteroatoms. The number of aryl methyl sites for hydroxylation is 1. The first-order valence-electron chi connectivity index (χ1n) is 9.53. The van der Waals surface area contributed by atoms with Gasteiger partial charge in [-0.3, -0.25) is 0 Å². The molecule has 4 nitrogen and oxygen atoms in total. The van der Waals surface area contributed by atoms with Gasteiger partial charge in [-0.05, 0) is 74.1 Å². The van der Waals surface area contributed by atoms with Gasteiger partial charge in [0.2, 0.25) is 5.95 Å². The Morgan fingerprint density at radius 2 is 1.88 bits per heavy atom. The van der Waals surface area contributed by atoms with E-state index < -0.39 is 0 Å². The number of hydrogen-bond acceptors (Lipinski definition) is 5. The lowest BCUT2D eigenvalue weighted by atomic mass is 9.53. The number of rotatable bonds is 5. The maximum absolute atomic E-state index is 4.86. The summed E-state index contributed by atoms with van der Waals surface area (Å²) >= 11 is 1.77. The van der Waals surface area contributed by atoms with Gasteiger partial charge >= 0.3 is 0 Å². The fourth-order valence-corrected chi connectivity index (χ4v) is 6.81. The molecule has 0 aliphatic heterocycles. The highest BCUT2D eigenvalue weighted by atomic mass is 32.1. The Hall–Kier alpha value is -1.62. The number of fused-ring (bicyclic) bond motifs is 1. The molecule has 0 radical (unpaired) electrons. The first-order valence-corrected chi connectivity index (χ1v) is 10.4. The zero-order chi connectivity index (χ0) is 17.0. The van der Waals surface area contributed by atoms with Crippen LogP contribution in [0, 0.1) is 24.7 Å². The molecule has 0 saturated heterocycles. The highest BCUT2D eigenvalue weighted by molar-refractivity contribution is 7.18. The van der Waals surface area contributed by atoms with Gasteiger partial charge in [-0.2, -0.15) is 4.98 Å². The summed E-state index contributed by atoms with van der Waals surface area (Å²) in [6.07, 6.45) is 10.2. The van der Waals surface area contributed by atoms with Crippen LogP contribution in [0.4, 0.5) is 11.8 Å². The Morgan fingerprint density at radius 3 is 2.52 bits per heavy atom. The summed E-state index contributed by atoms with van der Waals surface area (Å²) in [5.74, 6) is 4.54. The summed E-state index contributed by atoms with van der Waals surface area (Å²) in [5, 5.41) is 9.43. The topological polar surface area (TPSA) is 49.8 Å². The number of hydrogen-bond donors (Lipinski definition) is 2. The third kappa shape index (κ3) is 2.64. The third-order valence-electron chi connectivity index (χ3n) is 6.42. The second-order valence-corrected chi connectivity index (χ2v) is 9.36. The molecule has 6 rings (SSSR count). The van der Waals surface area contributed by atoms with Crippen molar-refractivity contribution in [2.45, 2.75) is 51.0 Å². The van der Waals surface area contributed by atoms with Crippen LogP contribution >= 0.6 is 11.3 Å². The van der Waals surface area contributed by atoms with E-state index >= 15 is 0 Å². The van der Waals surface area contributed by atoms with Crippen molar-refractivity contribution in [2.75, 3.05) is 17.2 Å². The normalized spacial score (nSPS) is 32.9. The minimum Gasteiger partial charge on any atom is -0.363 e. The monoisotopic (exact) mass is 354 g/mol. The highest BCUT2D eigenvalue weighted by Gasteiger charge is 2.51. The largest absolute Gasteiger partial charge is 0.363 e. The van der Waals surface area contributed by atoms with Crippen molar-refractivity contribution in [1.82, 2.24) is 9.97 Å². The molecule has 0 unspecified atom stereocenters. The molecule has 4 bridgehead atoms. The van der Waals surface area contributed by atoms with Crippen LogP contribution in [0.5, 0.6) is 0 Å². The van der Waals surface area contributed by atoms with Gasteiger partial charge in [-0.25, -0.2) is 4.98 Å². The average Bonchev–Trinajstić information content (AvgIpc) is 2.93. The molecule has 132 valence electrons. The fourth-order valence-electron chi connectivity index (χ4n) is 5.87. The number of anilines is 2.